The fraction of sp³-hybridized carbons (Fsp3) is 0.417. The summed E-state index contributed by atoms with van der Waals surface area (Å²) in [6.07, 6.45) is 1.55. The molecular formula is C24H32N2O4. The number of hydrazine groups is 1. The van der Waals surface area contributed by atoms with E-state index in [9.17, 15) is 9.59 Å². The Morgan fingerprint density at radius 3 is 2.23 bits per heavy atom. The van der Waals surface area contributed by atoms with Crippen molar-refractivity contribution >= 4 is 11.8 Å². The molecule has 0 bridgehead atoms. The first-order chi connectivity index (χ1) is 14.5. The fourth-order valence-corrected chi connectivity index (χ4v) is 2.95. The Morgan fingerprint density at radius 1 is 0.900 bits per heavy atom. The zero-order chi connectivity index (χ0) is 21.9. The lowest BCUT2D eigenvalue weighted by atomic mass is 9.98. The molecular weight excluding hydrogens is 380 g/mol. The Labute approximate surface area is 178 Å². The van der Waals surface area contributed by atoms with Crippen LogP contribution in [0.5, 0.6) is 11.5 Å². The molecule has 0 aliphatic carbocycles. The van der Waals surface area contributed by atoms with Gasteiger partial charge < -0.3 is 9.47 Å². The number of amides is 2. The summed E-state index contributed by atoms with van der Waals surface area (Å²) >= 11 is 0. The van der Waals surface area contributed by atoms with E-state index in [4.69, 9.17) is 9.47 Å². The molecule has 2 atom stereocenters. The Hall–Kier alpha value is -3.02. The normalized spacial score (nSPS) is 12.5. The van der Waals surface area contributed by atoms with Crippen molar-refractivity contribution in [3.63, 3.8) is 0 Å². The molecule has 0 spiro atoms. The lowest BCUT2D eigenvalue weighted by molar-refractivity contribution is -0.128. The van der Waals surface area contributed by atoms with Crippen LogP contribution in [0.1, 0.15) is 68.8 Å². The molecule has 0 fully saturated rings. The Morgan fingerprint density at radius 2 is 1.57 bits per heavy atom. The number of benzene rings is 2. The van der Waals surface area contributed by atoms with E-state index >= 15 is 0 Å². The molecule has 2 amide bonds. The summed E-state index contributed by atoms with van der Waals surface area (Å²) in [5.74, 6) is 0.651. The van der Waals surface area contributed by atoms with Crippen molar-refractivity contribution in [1.82, 2.24) is 10.9 Å². The van der Waals surface area contributed by atoms with Gasteiger partial charge >= 0.3 is 0 Å². The zero-order valence-corrected chi connectivity index (χ0v) is 18.2. The van der Waals surface area contributed by atoms with E-state index in [-0.39, 0.29) is 0 Å². The first-order valence-electron chi connectivity index (χ1n) is 10.6. The molecule has 6 nitrogen and oxygen atoms in total. The highest BCUT2D eigenvalue weighted by molar-refractivity contribution is 5.98. The van der Waals surface area contributed by atoms with Crippen LogP contribution in [0.15, 0.2) is 48.5 Å². The van der Waals surface area contributed by atoms with Crippen molar-refractivity contribution in [2.75, 3.05) is 6.61 Å². The van der Waals surface area contributed by atoms with Gasteiger partial charge in [-0.05, 0) is 48.9 Å². The van der Waals surface area contributed by atoms with Gasteiger partial charge in [-0.25, -0.2) is 0 Å². The maximum atomic E-state index is 12.6. The Balaban J connectivity index is 2.02. The van der Waals surface area contributed by atoms with Crippen molar-refractivity contribution in [3.8, 4) is 11.5 Å². The van der Waals surface area contributed by atoms with Gasteiger partial charge in [0.2, 0.25) is 0 Å². The molecule has 0 aliphatic rings. The van der Waals surface area contributed by atoms with Crippen LogP contribution < -0.4 is 20.3 Å². The highest BCUT2D eigenvalue weighted by Gasteiger charge is 2.22. The highest BCUT2D eigenvalue weighted by Crippen LogP contribution is 2.29. The quantitative estimate of drug-likeness (QED) is 0.559. The topological polar surface area (TPSA) is 76.7 Å². The third-order valence-electron chi connectivity index (χ3n) is 4.89. The van der Waals surface area contributed by atoms with Gasteiger partial charge in [0, 0.05) is 0 Å². The van der Waals surface area contributed by atoms with E-state index in [0.717, 1.165) is 18.4 Å². The van der Waals surface area contributed by atoms with E-state index in [2.05, 4.69) is 24.7 Å². The summed E-state index contributed by atoms with van der Waals surface area (Å²) in [5.41, 5.74) is 6.38. The third kappa shape index (κ3) is 6.24. The molecule has 0 aliphatic heterocycles. The molecule has 0 saturated heterocycles. The van der Waals surface area contributed by atoms with Gasteiger partial charge in [0.1, 0.15) is 11.5 Å². The Bertz CT molecular complexity index is 837. The van der Waals surface area contributed by atoms with Gasteiger partial charge in [-0.15, -0.1) is 0 Å². The largest absolute Gasteiger partial charge is 0.493 e. The molecule has 2 unspecified atom stereocenters. The molecule has 162 valence electrons. The van der Waals surface area contributed by atoms with Crippen molar-refractivity contribution < 1.29 is 19.1 Å². The first-order valence-corrected chi connectivity index (χ1v) is 10.6. The molecule has 2 aromatic rings. The number of ether oxygens (including phenoxy) is 2. The molecule has 2 rings (SSSR count). The second-order valence-corrected chi connectivity index (χ2v) is 7.15. The number of nitrogens with one attached hydrogen (secondary N) is 2. The van der Waals surface area contributed by atoms with Crippen molar-refractivity contribution in [2.45, 2.75) is 59.0 Å². The van der Waals surface area contributed by atoms with Crippen molar-refractivity contribution in [1.29, 1.82) is 0 Å². The van der Waals surface area contributed by atoms with Gasteiger partial charge in [-0.1, -0.05) is 58.0 Å². The fourth-order valence-electron chi connectivity index (χ4n) is 2.95. The molecule has 0 radical (unpaired) electrons. The van der Waals surface area contributed by atoms with Crippen molar-refractivity contribution in [2.24, 2.45) is 0 Å². The van der Waals surface area contributed by atoms with Crippen LogP contribution in [0.25, 0.3) is 0 Å². The number of rotatable bonds is 10. The predicted molar refractivity (Wildman–Crippen MR) is 118 cm³/mol. The lowest BCUT2D eigenvalue weighted by Crippen LogP contribution is -2.48. The summed E-state index contributed by atoms with van der Waals surface area (Å²) < 4.78 is 11.6. The lowest BCUT2D eigenvalue weighted by Gasteiger charge is -2.21. The summed E-state index contributed by atoms with van der Waals surface area (Å²) in [6, 6.07) is 14.7. The summed E-state index contributed by atoms with van der Waals surface area (Å²) in [5, 5.41) is 0. The van der Waals surface area contributed by atoms with E-state index in [1.165, 1.54) is 0 Å². The minimum absolute atomic E-state index is 0.320. The van der Waals surface area contributed by atoms with Crippen LogP contribution >= 0.6 is 0 Å². The van der Waals surface area contributed by atoms with E-state index in [1.807, 2.05) is 38.1 Å². The molecule has 0 heterocycles. The number of hydrogen-bond donors (Lipinski definition) is 2. The molecule has 30 heavy (non-hydrogen) atoms. The number of carbonyl (C=O) groups is 2. The minimum Gasteiger partial charge on any atom is -0.493 e. The maximum Gasteiger partial charge on any atom is 0.279 e. The Kier molecular flexibility index (Phi) is 9.19. The van der Waals surface area contributed by atoms with Gasteiger partial charge in [0.15, 0.2) is 6.10 Å². The van der Waals surface area contributed by atoms with Gasteiger partial charge in [0.05, 0.1) is 12.2 Å². The maximum absolute atomic E-state index is 12.6. The standard InChI is InChI=1S/C24H32N2O4/c1-5-16-29-21-14-10-9-13-19(21)23(27)25-26-24(28)20(7-3)30-22-15-11-8-12-18(22)17(4)6-2/h8-15,17,20H,5-7,16H2,1-4H3,(H,25,27)(H,26,28). The predicted octanol–water partition coefficient (Wildman–Crippen LogP) is 4.61. The molecule has 0 saturated carbocycles. The van der Waals surface area contributed by atoms with Crippen LogP contribution in [0, 0.1) is 0 Å². The summed E-state index contributed by atoms with van der Waals surface area (Å²) in [7, 11) is 0. The SMILES string of the molecule is CCCOc1ccccc1C(=O)NNC(=O)C(CC)Oc1ccccc1C(C)CC. The monoisotopic (exact) mass is 412 g/mol. The van der Waals surface area contributed by atoms with Gasteiger partial charge in [-0.3, -0.25) is 20.4 Å². The average molecular weight is 413 g/mol. The van der Waals surface area contributed by atoms with Gasteiger partial charge in [0.25, 0.3) is 11.8 Å². The van der Waals surface area contributed by atoms with Crippen LogP contribution in [0.3, 0.4) is 0 Å². The number of para-hydroxylation sites is 2. The summed E-state index contributed by atoms with van der Waals surface area (Å²) in [6.45, 7) is 8.61. The molecule has 2 aromatic carbocycles. The molecule has 0 aromatic heterocycles. The average Bonchev–Trinajstić information content (AvgIpc) is 2.79. The second-order valence-electron chi connectivity index (χ2n) is 7.15. The number of hydrogen-bond acceptors (Lipinski definition) is 4. The summed E-state index contributed by atoms with van der Waals surface area (Å²) in [4.78, 5) is 25.2. The number of carbonyl (C=O) groups excluding carboxylic acids is 2. The van der Waals surface area contributed by atoms with Crippen LogP contribution in [0.4, 0.5) is 0 Å². The van der Waals surface area contributed by atoms with Crippen LogP contribution in [-0.2, 0) is 4.79 Å². The minimum atomic E-state index is -0.720. The highest BCUT2D eigenvalue weighted by atomic mass is 16.5. The van der Waals surface area contributed by atoms with E-state index < -0.39 is 17.9 Å². The zero-order valence-electron chi connectivity index (χ0n) is 18.2. The van der Waals surface area contributed by atoms with Crippen LogP contribution in [0.2, 0.25) is 0 Å². The first kappa shape index (κ1) is 23.3. The van der Waals surface area contributed by atoms with Crippen LogP contribution in [-0.4, -0.2) is 24.5 Å². The van der Waals surface area contributed by atoms with E-state index in [1.54, 1.807) is 24.3 Å². The third-order valence-corrected chi connectivity index (χ3v) is 4.89. The van der Waals surface area contributed by atoms with Gasteiger partial charge in [-0.2, -0.15) is 0 Å². The smallest absolute Gasteiger partial charge is 0.279 e. The van der Waals surface area contributed by atoms with Crippen molar-refractivity contribution in [3.05, 3.63) is 59.7 Å². The molecule has 2 N–H and O–H groups in total. The second kappa shape index (κ2) is 11.9. The molecule has 6 heteroatoms. The van der Waals surface area contributed by atoms with E-state index in [0.29, 0.717) is 36.0 Å².